The number of hydrogen-bond donors (Lipinski definition) is 2. The highest BCUT2D eigenvalue weighted by Gasteiger charge is 2.06. The molecule has 0 aliphatic carbocycles. The van der Waals surface area contributed by atoms with Crippen LogP contribution in [0.5, 0.6) is 11.5 Å². The van der Waals surface area contributed by atoms with E-state index in [1.54, 1.807) is 19.1 Å². The van der Waals surface area contributed by atoms with Crippen molar-refractivity contribution in [2.75, 3.05) is 0 Å². The van der Waals surface area contributed by atoms with Crippen molar-refractivity contribution in [2.24, 2.45) is 5.10 Å². The van der Waals surface area contributed by atoms with Crippen molar-refractivity contribution < 1.29 is 23.4 Å². The third-order valence-electron chi connectivity index (χ3n) is 2.95. The number of carbonyl (C=O) groups excluding carboxylic acids is 1. The van der Waals surface area contributed by atoms with E-state index in [2.05, 4.69) is 15.3 Å². The first-order valence-corrected chi connectivity index (χ1v) is 6.64. The van der Waals surface area contributed by atoms with Gasteiger partial charge in [-0.2, -0.15) is 13.9 Å². The van der Waals surface area contributed by atoms with Gasteiger partial charge in [-0.25, -0.2) is 5.43 Å². The first-order chi connectivity index (χ1) is 11.0. The van der Waals surface area contributed by atoms with Gasteiger partial charge in [0.2, 0.25) is 0 Å². The summed E-state index contributed by atoms with van der Waals surface area (Å²) >= 11 is 0. The Bertz CT molecular complexity index is 698. The number of phenolic OH excluding ortho intramolecular Hbond substituents is 1. The van der Waals surface area contributed by atoms with E-state index < -0.39 is 12.5 Å². The molecule has 5 nitrogen and oxygen atoms in total. The molecule has 0 aliphatic heterocycles. The SMILES string of the molecule is C/C(=N\NC(=O)c1ccc(O)cc1)c1ccc(OC(F)F)cc1. The predicted molar refractivity (Wildman–Crippen MR) is 80.9 cm³/mol. The predicted octanol–water partition coefficient (Wildman–Crippen LogP) is 3.15. The molecule has 0 spiro atoms. The van der Waals surface area contributed by atoms with Crippen molar-refractivity contribution in [1.29, 1.82) is 0 Å². The number of benzene rings is 2. The normalized spacial score (nSPS) is 11.4. The molecule has 2 aromatic carbocycles. The van der Waals surface area contributed by atoms with E-state index in [1.165, 1.54) is 36.4 Å². The minimum Gasteiger partial charge on any atom is -0.508 e. The van der Waals surface area contributed by atoms with E-state index in [9.17, 15) is 13.6 Å². The first kappa shape index (κ1) is 16.4. The lowest BCUT2D eigenvalue weighted by atomic mass is 10.1. The molecular formula is C16H14F2N2O3. The van der Waals surface area contributed by atoms with Crippen LogP contribution >= 0.6 is 0 Å². The summed E-state index contributed by atoms with van der Waals surface area (Å²) in [6, 6.07) is 11.6. The standard InChI is InChI=1S/C16H14F2N2O3/c1-10(11-4-8-14(9-5-11)23-16(17)18)19-20-15(22)12-2-6-13(21)7-3-12/h2-9,16,21H,1H3,(H,20,22)/b19-10+. The number of ether oxygens (including phenoxy) is 1. The third-order valence-corrected chi connectivity index (χ3v) is 2.95. The number of amides is 1. The van der Waals surface area contributed by atoms with Crippen LogP contribution in [0.3, 0.4) is 0 Å². The third kappa shape index (κ3) is 4.77. The second-order valence-electron chi connectivity index (χ2n) is 4.59. The molecule has 0 atom stereocenters. The van der Waals surface area contributed by atoms with Crippen LogP contribution in [-0.4, -0.2) is 23.3 Å². The number of hydrazone groups is 1. The molecule has 0 aromatic heterocycles. The van der Waals surface area contributed by atoms with Crippen LogP contribution in [0.15, 0.2) is 53.6 Å². The zero-order valence-electron chi connectivity index (χ0n) is 12.2. The lowest BCUT2D eigenvalue weighted by Crippen LogP contribution is -2.19. The summed E-state index contributed by atoms with van der Waals surface area (Å²) in [7, 11) is 0. The largest absolute Gasteiger partial charge is 0.508 e. The molecule has 120 valence electrons. The molecule has 0 radical (unpaired) electrons. The summed E-state index contributed by atoms with van der Waals surface area (Å²) in [4.78, 5) is 11.9. The van der Waals surface area contributed by atoms with E-state index >= 15 is 0 Å². The molecule has 0 saturated heterocycles. The fourth-order valence-electron chi connectivity index (χ4n) is 1.75. The summed E-state index contributed by atoms with van der Waals surface area (Å²) in [6.07, 6.45) is 0. The van der Waals surface area contributed by atoms with E-state index in [0.717, 1.165) is 0 Å². The van der Waals surface area contributed by atoms with E-state index in [4.69, 9.17) is 5.11 Å². The Balaban J connectivity index is 2.01. The lowest BCUT2D eigenvalue weighted by molar-refractivity contribution is -0.0498. The van der Waals surface area contributed by atoms with Crippen molar-refractivity contribution in [1.82, 2.24) is 5.43 Å². The number of rotatable bonds is 5. The average Bonchev–Trinajstić information content (AvgIpc) is 2.53. The average molecular weight is 320 g/mol. The quantitative estimate of drug-likeness (QED) is 0.657. The number of halogens is 2. The van der Waals surface area contributed by atoms with Crippen LogP contribution in [0.2, 0.25) is 0 Å². The Morgan fingerprint density at radius 3 is 2.22 bits per heavy atom. The highest BCUT2D eigenvalue weighted by molar-refractivity contribution is 6.00. The van der Waals surface area contributed by atoms with Crippen molar-refractivity contribution in [3.63, 3.8) is 0 Å². The van der Waals surface area contributed by atoms with Crippen LogP contribution in [0.25, 0.3) is 0 Å². The highest BCUT2D eigenvalue weighted by Crippen LogP contribution is 2.15. The second kappa shape index (κ2) is 7.35. The maximum absolute atomic E-state index is 12.1. The minimum atomic E-state index is -2.87. The van der Waals surface area contributed by atoms with Crippen molar-refractivity contribution in [3.05, 3.63) is 59.7 Å². The zero-order chi connectivity index (χ0) is 16.8. The molecule has 0 unspecified atom stereocenters. The number of hydrogen-bond acceptors (Lipinski definition) is 4. The smallest absolute Gasteiger partial charge is 0.387 e. The highest BCUT2D eigenvalue weighted by atomic mass is 19.3. The molecular weight excluding hydrogens is 306 g/mol. The topological polar surface area (TPSA) is 70.9 Å². The number of phenols is 1. The van der Waals surface area contributed by atoms with Crippen LogP contribution in [-0.2, 0) is 0 Å². The van der Waals surface area contributed by atoms with E-state index in [1.807, 2.05) is 0 Å². The zero-order valence-corrected chi connectivity index (χ0v) is 12.2. The number of nitrogens with one attached hydrogen (secondary N) is 1. The Morgan fingerprint density at radius 2 is 1.65 bits per heavy atom. The van der Waals surface area contributed by atoms with Gasteiger partial charge in [0.05, 0.1) is 5.71 Å². The van der Waals surface area contributed by atoms with Crippen molar-refractivity contribution in [3.8, 4) is 11.5 Å². The van der Waals surface area contributed by atoms with Gasteiger partial charge in [0.1, 0.15) is 11.5 Å². The van der Waals surface area contributed by atoms with Gasteiger partial charge in [0.25, 0.3) is 5.91 Å². The van der Waals surface area contributed by atoms with Crippen LogP contribution in [0.1, 0.15) is 22.8 Å². The fraction of sp³-hybridized carbons (Fsp3) is 0.125. The summed E-state index contributed by atoms with van der Waals surface area (Å²) in [6.45, 7) is -1.21. The number of alkyl halides is 2. The molecule has 0 saturated carbocycles. The molecule has 1 amide bonds. The van der Waals surface area contributed by atoms with Crippen LogP contribution < -0.4 is 10.2 Å². The maximum atomic E-state index is 12.1. The summed E-state index contributed by atoms with van der Waals surface area (Å²) in [5.41, 5.74) is 3.88. The Morgan fingerprint density at radius 1 is 1.09 bits per heavy atom. The molecule has 0 heterocycles. The van der Waals surface area contributed by atoms with Gasteiger partial charge in [0, 0.05) is 5.56 Å². The van der Waals surface area contributed by atoms with Crippen molar-refractivity contribution in [2.45, 2.75) is 13.5 Å². The Kier molecular flexibility index (Phi) is 5.24. The monoisotopic (exact) mass is 320 g/mol. The summed E-state index contributed by atoms with van der Waals surface area (Å²) < 4.78 is 28.4. The summed E-state index contributed by atoms with van der Waals surface area (Å²) in [5, 5.41) is 13.1. The molecule has 0 bridgehead atoms. The Hall–Kier alpha value is -2.96. The van der Waals surface area contributed by atoms with Gasteiger partial charge in [-0.3, -0.25) is 4.79 Å². The van der Waals surface area contributed by atoms with Gasteiger partial charge in [0.15, 0.2) is 0 Å². The molecule has 2 N–H and O–H groups in total. The minimum absolute atomic E-state index is 0.0460. The molecule has 23 heavy (non-hydrogen) atoms. The first-order valence-electron chi connectivity index (χ1n) is 6.64. The van der Waals surface area contributed by atoms with Crippen molar-refractivity contribution >= 4 is 11.6 Å². The number of carbonyl (C=O) groups is 1. The Labute approximate surface area is 131 Å². The number of aromatic hydroxyl groups is 1. The molecule has 2 rings (SSSR count). The van der Waals surface area contributed by atoms with Gasteiger partial charge >= 0.3 is 6.61 Å². The number of nitrogens with zero attached hydrogens (tertiary/aromatic N) is 1. The summed E-state index contributed by atoms with van der Waals surface area (Å²) in [5.74, 6) is -0.320. The van der Waals surface area contributed by atoms with Crippen LogP contribution in [0, 0.1) is 0 Å². The van der Waals surface area contributed by atoms with Gasteiger partial charge < -0.3 is 9.84 Å². The van der Waals surface area contributed by atoms with Gasteiger partial charge in [-0.05, 0) is 61.0 Å². The molecule has 2 aromatic rings. The van der Waals surface area contributed by atoms with Crippen LogP contribution in [0.4, 0.5) is 8.78 Å². The molecule has 7 heteroatoms. The molecule has 0 aliphatic rings. The fourth-order valence-corrected chi connectivity index (χ4v) is 1.75. The van der Waals surface area contributed by atoms with E-state index in [0.29, 0.717) is 16.8 Å². The lowest BCUT2D eigenvalue weighted by Gasteiger charge is -2.06. The maximum Gasteiger partial charge on any atom is 0.387 e. The van der Waals surface area contributed by atoms with Gasteiger partial charge in [-0.1, -0.05) is 0 Å². The van der Waals surface area contributed by atoms with Gasteiger partial charge in [-0.15, -0.1) is 0 Å². The second-order valence-corrected chi connectivity index (χ2v) is 4.59. The molecule has 0 fully saturated rings. The van der Waals surface area contributed by atoms with E-state index in [-0.39, 0.29) is 11.5 Å².